The van der Waals surface area contributed by atoms with E-state index in [4.69, 9.17) is 14.2 Å². The maximum absolute atomic E-state index is 13.4. The summed E-state index contributed by atoms with van der Waals surface area (Å²) in [5.41, 5.74) is 1.82. The number of carbonyl (C=O) groups excluding carboxylic acids is 2. The molecule has 0 spiro atoms. The third-order valence-electron chi connectivity index (χ3n) is 5.52. The zero-order chi connectivity index (χ0) is 25.9. The van der Waals surface area contributed by atoms with Crippen molar-refractivity contribution in [3.8, 4) is 17.2 Å². The van der Waals surface area contributed by atoms with Crippen LogP contribution in [0.4, 0.5) is 5.69 Å². The highest BCUT2D eigenvalue weighted by atomic mass is 16.5. The Morgan fingerprint density at radius 3 is 2.42 bits per heavy atom. The average Bonchev–Trinajstić information content (AvgIpc) is 2.91. The Bertz CT molecular complexity index is 1220. The molecular formula is C29H31NO6. The topological polar surface area (TPSA) is 94.1 Å². The van der Waals surface area contributed by atoms with E-state index in [-0.39, 0.29) is 17.0 Å². The van der Waals surface area contributed by atoms with Gasteiger partial charge in [0.15, 0.2) is 17.2 Å². The van der Waals surface area contributed by atoms with Gasteiger partial charge in [-0.1, -0.05) is 62.2 Å². The van der Waals surface area contributed by atoms with Gasteiger partial charge in [-0.3, -0.25) is 4.79 Å². The van der Waals surface area contributed by atoms with Crippen molar-refractivity contribution in [3.63, 3.8) is 0 Å². The van der Waals surface area contributed by atoms with Crippen molar-refractivity contribution >= 4 is 29.2 Å². The normalized spacial score (nSPS) is 11.0. The molecule has 0 aliphatic heterocycles. The van der Waals surface area contributed by atoms with Crippen LogP contribution in [-0.4, -0.2) is 37.8 Å². The molecule has 0 saturated heterocycles. The third kappa shape index (κ3) is 6.66. The number of nitrogens with one attached hydrogen (secondary N) is 1. The maximum Gasteiger partial charge on any atom is 0.341 e. The molecule has 0 atom stereocenters. The van der Waals surface area contributed by atoms with Crippen LogP contribution in [0, 0.1) is 0 Å². The molecule has 0 fully saturated rings. The molecular weight excluding hydrogens is 458 g/mol. The van der Waals surface area contributed by atoms with Crippen LogP contribution in [0.3, 0.4) is 0 Å². The van der Waals surface area contributed by atoms with Gasteiger partial charge < -0.3 is 24.6 Å². The van der Waals surface area contributed by atoms with Crippen LogP contribution in [0.5, 0.6) is 17.2 Å². The summed E-state index contributed by atoms with van der Waals surface area (Å²) < 4.78 is 16.1. The Labute approximate surface area is 211 Å². The van der Waals surface area contributed by atoms with Gasteiger partial charge in [-0.05, 0) is 47.9 Å². The molecule has 0 aromatic heterocycles. The first-order chi connectivity index (χ1) is 17.5. The highest BCUT2D eigenvalue weighted by Crippen LogP contribution is 2.32. The number of rotatable bonds is 11. The molecule has 0 heterocycles. The van der Waals surface area contributed by atoms with E-state index in [0.717, 1.165) is 24.8 Å². The van der Waals surface area contributed by atoms with Gasteiger partial charge >= 0.3 is 5.97 Å². The molecule has 7 nitrogen and oxygen atoms in total. The van der Waals surface area contributed by atoms with E-state index in [1.54, 1.807) is 25.3 Å². The van der Waals surface area contributed by atoms with E-state index in [1.807, 2.05) is 42.5 Å². The number of hydrogen-bond donors (Lipinski definition) is 2. The predicted molar refractivity (Wildman–Crippen MR) is 140 cm³/mol. The lowest BCUT2D eigenvalue weighted by Gasteiger charge is -2.14. The number of ether oxygens (including phenoxy) is 3. The number of aromatic hydroxyl groups is 1. The second-order valence-electron chi connectivity index (χ2n) is 8.04. The maximum atomic E-state index is 13.4. The van der Waals surface area contributed by atoms with E-state index in [1.165, 1.54) is 19.2 Å². The van der Waals surface area contributed by atoms with Crippen molar-refractivity contribution < 1.29 is 28.9 Å². The molecule has 188 valence electrons. The Morgan fingerprint density at radius 2 is 1.72 bits per heavy atom. The first-order valence-electron chi connectivity index (χ1n) is 11.8. The van der Waals surface area contributed by atoms with E-state index in [9.17, 15) is 14.7 Å². The molecule has 1 amide bonds. The smallest absolute Gasteiger partial charge is 0.341 e. The first kappa shape index (κ1) is 26.3. The fourth-order valence-electron chi connectivity index (χ4n) is 3.60. The highest BCUT2D eigenvalue weighted by molar-refractivity contribution is 6.29. The fraction of sp³-hybridized carbons (Fsp3) is 0.241. The van der Waals surface area contributed by atoms with E-state index < -0.39 is 11.9 Å². The van der Waals surface area contributed by atoms with E-state index in [0.29, 0.717) is 29.2 Å². The summed E-state index contributed by atoms with van der Waals surface area (Å²) in [5, 5.41) is 13.2. The monoisotopic (exact) mass is 489 g/mol. The second kappa shape index (κ2) is 13.0. The van der Waals surface area contributed by atoms with E-state index in [2.05, 4.69) is 12.2 Å². The lowest BCUT2D eigenvalue weighted by atomic mass is 10.0. The summed E-state index contributed by atoms with van der Waals surface area (Å²) in [6.45, 7) is 2.74. The zero-order valence-electron chi connectivity index (χ0n) is 20.7. The van der Waals surface area contributed by atoms with Gasteiger partial charge in [-0.25, -0.2) is 4.79 Å². The number of para-hydroxylation sites is 1. The minimum Gasteiger partial charge on any atom is -0.505 e. The largest absolute Gasteiger partial charge is 0.505 e. The molecule has 0 aliphatic rings. The zero-order valence-corrected chi connectivity index (χ0v) is 20.7. The molecule has 0 saturated carbocycles. The minimum atomic E-state index is -0.702. The number of hydrogen-bond acceptors (Lipinski definition) is 6. The summed E-state index contributed by atoms with van der Waals surface area (Å²) in [6, 6.07) is 19.1. The van der Waals surface area contributed by atoms with Crippen LogP contribution in [0.2, 0.25) is 0 Å². The average molecular weight is 490 g/mol. The van der Waals surface area contributed by atoms with Crippen LogP contribution in [0.1, 0.15) is 47.7 Å². The number of carbonyl (C=O) groups is 2. The Hall–Kier alpha value is -4.26. The molecule has 3 rings (SSSR count). The molecule has 36 heavy (non-hydrogen) atoms. The highest BCUT2D eigenvalue weighted by Gasteiger charge is 2.19. The van der Waals surface area contributed by atoms with Crippen molar-refractivity contribution in [2.24, 2.45) is 0 Å². The number of unbranched alkanes of at least 4 members (excludes halogenated alkanes) is 2. The van der Waals surface area contributed by atoms with Crippen molar-refractivity contribution in [1.29, 1.82) is 0 Å². The number of esters is 1. The van der Waals surface area contributed by atoms with Crippen LogP contribution in [0.15, 0.2) is 66.7 Å². The van der Waals surface area contributed by atoms with Crippen LogP contribution in [0.25, 0.3) is 11.6 Å². The van der Waals surface area contributed by atoms with Crippen molar-refractivity contribution in [2.45, 2.75) is 26.2 Å². The van der Waals surface area contributed by atoms with Gasteiger partial charge in [-0.2, -0.15) is 0 Å². The SMILES string of the molecule is CCCCCOc1ccc(/C=C(/C(=O)Nc2cccc(C(=O)OC)c2O)c2ccccc2)cc1OC. The number of anilines is 1. The summed E-state index contributed by atoms with van der Waals surface area (Å²) in [4.78, 5) is 25.3. The summed E-state index contributed by atoms with van der Waals surface area (Å²) in [6.07, 6.45) is 4.90. The Morgan fingerprint density at radius 1 is 0.944 bits per heavy atom. The Kier molecular flexibility index (Phi) is 9.51. The van der Waals surface area contributed by atoms with Gasteiger partial charge in [0, 0.05) is 5.57 Å². The van der Waals surface area contributed by atoms with Crippen molar-refractivity contribution in [1.82, 2.24) is 0 Å². The van der Waals surface area contributed by atoms with Gasteiger partial charge in [-0.15, -0.1) is 0 Å². The lowest BCUT2D eigenvalue weighted by Crippen LogP contribution is -2.14. The fourth-order valence-corrected chi connectivity index (χ4v) is 3.60. The molecule has 0 unspecified atom stereocenters. The first-order valence-corrected chi connectivity index (χ1v) is 11.8. The van der Waals surface area contributed by atoms with E-state index >= 15 is 0 Å². The van der Waals surface area contributed by atoms with Gasteiger partial charge in [0.2, 0.25) is 0 Å². The minimum absolute atomic E-state index is 0.0418. The number of amides is 1. The molecule has 0 bridgehead atoms. The molecule has 7 heteroatoms. The Balaban J connectivity index is 1.93. The molecule has 2 N–H and O–H groups in total. The van der Waals surface area contributed by atoms with Crippen molar-refractivity contribution in [3.05, 3.63) is 83.4 Å². The molecule has 3 aromatic rings. The number of phenols is 1. The van der Waals surface area contributed by atoms with Crippen LogP contribution < -0.4 is 14.8 Å². The van der Waals surface area contributed by atoms with Gasteiger partial charge in [0.1, 0.15) is 5.56 Å². The van der Waals surface area contributed by atoms with Crippen LogP contribution >= 0.6 is 0 Å². The number of phenolic OH excluding ortho intramolecular Hbond substituents is 1. The van der Waals surface area contributed by atoms with Gasteiger partial charge in [0.25, 0.3) is 5.91 Å². The second-order valence-corrected chi connectivity index (χ2v) is 8.04. The van der Waals surface area contributed by atoms with Gasteiger partial charge in [0.05, 0.1) is 26.5 Å². The molecule has 0 radical (unpaired) electrons. The third-order valence-corrected chi connectivity index (χ3v) is 5.52. The quantitative estimate of drug-likeness (QED) is 0.114. The summed E-state index contributed by atoms with van der Waals surface area (Å²) in [7, 11) is 2.79. The predicted octanol–water partition coefficient (Wildman–Crippen LogP) is 5.94. The van der Waals surface area contributed by atoms with Crippen molar-refractivity contribution in [2.75, 3.05) is 26.1 Å². The molecule has 3 aromatic carbocycles. The summed E-state index contributed by atoms with van der Waals surface area (Å²) >= 11 is 0. The number of methoxy groups -OCH3 is 2. The number of benzene rings is 3. The molecule has 0 aliphatic carbocycles. The lowest BCUT2D eigenvalue weighted by molar-refractivity contribution is -0.111. The summed E-state index contributed by atoms with van der Waals surface area (Å²) in [5.74, 6) is -0.322. The standard InChI is InChI=1S/C29H31NO6/c1-4-5-9-17-36-25-16-15-20(19-26(25)34-2)18-23(21-11-7-6-8-12-21)28(32)30-24-14-10-13-22(27(24)31)29(33)35-3/h6-8,10-16,18-19,31H,4-5,9,17H2,1-3H3,(H,30,32)/b23-18+. The van der Waals surface area contributed by atoms with Crippen LogP contribution in [-0.2, 0) is 9.53 Å².